The summed E-state index contributed by atoms with van der Waals surface area (Å²) in [6.07, 6.45) is -0.202. The van der Waals surface area contributed by atoms with Gasteiger partial charge in [-0.25, -0.2) is 14.4 Å². The lowest BCUT2D eigenvalue weighted by molar-refractivity contribution is -0.170. The van der Waals surface area contributed by atoms with Gasteiger partial charge in [0.1, 0.15) is 0 Å². The quantitative estimate of drug-likeness (QED) is 0.296. The van der Waals surface area contributed by atoms with Gasteiger partial charge in [0.05, 0.1) is 12.8 Å². The number of carboxylic acids is 5. The molecule has 13 heteroatoms. The second-order valence-corrected chi connectivity index (χ2v) is 6.16. The van der Waals surface area contributed by atoms with E-state index in [1.807, 2.05) is 0 Å². The number of carboxylic acid groups (broad SMARTS) is 5. The summed E-state index contributed by atoms with van der Waals surface area (Å²) >= 11 is 0. The van der Waals surface area contributed by atoms with Crippen LogP contribution in [0.1, 0.15) is 38.5 Å². The zero-order chi connectivity index (χ0) is 22.6. The van der Waals surface area contributed by atoms with Gasteiger partial charge in [-0.3, -0.25) is 9.59 Å². The Hall–Kier alpha value is -2.77. The normalized spacial score (nSPS) is 20.4. The molecule has 0 bridgehead atoms. The smallest absolute Gasteiger partial charge is 0.336 e. The monoisotopic (exact) mass is 424 g/mol. The van der Waals surface area contributed by atoms with Crippen LogP contribution in [0, 0.1) is 0 Å². The highest BCUT2D eigenvalue weighted by atomic mass is 16.5. The Bertz CT molecular complexity index is 546. The molecule has 2 heterocycles. The number of aliphatic hydroxyl groups is 1. The molecule has 0 amide bonds. The van der Waals surface area contributed by atoms with Crippen LogP contribution in [-0.4, -0.2) is 91.5 Å². The lowest BCUT2D eigenvalue weighted by Gasteiger charge is -2.18. The average molecular weight is 424 g/mol. The van der Waals surface area contributed by atoms with E-state index in [1.54, 1.807) is 0 Å². The molecule has 166 valence electrons. The van der Waals surface area contributed by atoms with Gasteiger partial charge in [-0.1, -0.05) is 0 Å². The first kappa shape index (κ1) is 26.2. The van der Waals surface area contributed by atoms with E-state index >= 15 is 0 Å². The summed E-state index contributed by atoms with van der Waals surface area (Å²) in [6, 6.07) is 0. The second-order valence-electron chi connectivity index (χ2n) is 6.16. The van der Waals surface area contributed by atoms with Gasteiger partial charge in [-0.15, -0.1) is 0 Å². The lowest BCUT2D eigenvalue weighted by atomic mass is 9.96. The zero-order valence-electron chi connectivity index (χ0n) is 15.4. The van der Waals surface area contributed by atoms with Gasteiger partial charge >= 0.3 is 29.8 Å². The highest BCUT2D eigenvalue weighted by molar-refractivity contribution is 5.88. The van der Waals surface area contributed by atoms with Crippen LogP contribution in [0.25, 0.3) is 0 Å². The van der Waals surface area contributed by atoms with Gasteiger partial charge < -0.3 is 40.1 Å². The van der Waals surface area contributed by atoms with Crippen molar-refractivity contribution < 1.29 is 64.1 Å². The highest BCUT2D eigenvalue weighted by Crippen LogP contribution is 2.15. The molecule has 2 saturated heterocycles. The first-order valence-corrected chi connectivity index (χ1v) is 8.47. The Kier molecular flexibility index (Phi) is 11.4. The van der Waals surface area contributed by atoms with E-state index in [0.29, 0.717) is 26.1 Å². The minimum absolute atomic E-state index is 0.519. The van der Waals surface area contributed by atoms with Crippen LogP contribution in [0.3, 0.4) is 0 Å². The van der Waals surface area contributed by atoms with Crippen LogP contribution >= 0.6 is 0 Å². The third-order valence-electron chi connectivity index (χ3n) is 3.70. The number of ether oxygens (including phenoxy) is 2. The molecule has 2 atom stereocenters. The molecule has 29 heavy (non-hydrogen) atoms. The summed E-state index contributed by atoms with van der Waals surface area (Å²) in [5, 5.41) is 50.4. The van der Waals surface area contributed by atoms with E-state index < -0.39 is 60.5 Å². The first-order valence-electron chi connectivity index (χ1n) is 8.47. The minimum Gasteiger partial charge on any atom is -0.481 e. The van der Waals surface area contributed by atoms with Crippen LogP contribution in [0.2, 0.25) is 0 Å². The number of hydrogen-bond donors (Lipinski definition) is 6. The fourth-order valence-electron chi connectivity index (χ4n) is 2.26. The lowest BCUT2D eigenvalue weighted by Crippen LogP contribution is -2.42. The molecule has 6 N–H and O–H groups in total. The van der Waals surface area contributed by atoms with E-state index in [-0.39, 0.29) is 0 Å². The van der Waals surface area contributed by atoms with Crippen molar-refractivity contribution in [1.29, 1.82) is 0 Å². The van der Waals surface area contributed by atoms with Crippen molar-refractivity contribution >= 4 is 29.8 Å². The number of aliphatic carboxylic acids is 5. The van der Waals surface area contributed by atoms with E-state index in [9.17, 15) is 24.0 Å². The molecule has 2 aliphatic heterocycles. The van der Waals surface area contributed by atoms with Crippen molar-refractivity contribution in [3.05, 3.63) is 0 Å². The van der Waals surface area contributed by atoms with Crippen LogP contribution in [0.5, 0.6) is 0 Å². The Morgan fingerprint density at radius 3 is 1.21 bits per heavy atom. The molecule has 13 nitrogen and oxygen atoms in total. The third kappa shape index (κ3) is 11.0. The highest BCUT2D eigenvalue weighted by Gasteiger charge is 2.40. The maximum absolute atomic E-state index is 10.3. The molecular weight excluding hydrogens is 400 g/mol. The summed E-state index contributed by atoms with van der Waals surface area (Å²) < 4.78 is 9.63. The number of carbonyl (C=O) groups is 5. The molecule has 0 spiro atoms. The zero-order valence-corrected chi connectivity index (χ0v) is 15.4. The summed E-state index contributed by atoms with van der Waals surface area (Å²) in [5.41, 5.74) is -2.74. The van der Waals surface area contributed by atoms with Crippen molar-refractivity contribution in [2.45, 2.75) is 56.3 Å². The van der Waals surface area contributed by atoms with E-state index in [0.717, 1.165) is 12.8 Å². The largest absolute Gasteiger partial charge is 0.481 e. The molecular formula is C16H24O13. The van der Waals surface area contributed by atoms with Crippen LogP contribution < -0.4 is 0 Å². The molecule has 2 aliphatic rings. The minimum atomic E-state index is -2.74. The van der Waals surface area contributed by atoms with Crippen LogP contribution in [0.15, 0.2) is 0 Å². The maximum Gasteiger partial charge on any atom is 0.336 e. The van der Waals surface area contributed by atoms with Crippen molar-refractivity contribution in [1.82, 2.24) is 0 Å². The maximum atomic E-state index is 10.3. The number of rotatable bonds is 7. The van der Waals surface area contributed by atoms with Crippen LogP contribution in [0.4, 0.5) is 0 Å². The molecule has 0 aromatic rings. The molecule has 2 unspecified atom stereocenters. The predicted molar refractivity (Wildman–Crippen MR) is 90.3 cm³/mol. The molecule has 2 rings (SSSR count). The Morgan fingerprint density at radius 1 is 0.724 bits per heavy atom. The third-order valence-corrected chi connectivity index (χ3v) is 3.70. The number of hydrogen-bond acceptors (Lipinski definition) is 8. The fourth-order valence-corrected chi connectivity index (χ4v) is 2.26. The molecule has 0 aromatic heterocycles. The van der Waals surface area contributed by atoms with Gasteiger partial charge in [0.15, 0.2) is 17.8 Å². The van der Waals surface area contributed by atoms with Gasteiger partial charge in [-0.05, 0) is 25.7 Å². The van der Waals surface area contributed by atoms with Gasteiger partial charge in [0.2, 0.25) is 0 Å². The second kappa shape index (κ2) is 12.6. The molecule has 0 aromatic carbocycles. The van der Waals surface area contributed by atoms with E-state index in [2.05, 4.69) is 0 Å². The van der Waals surface area contributed by atoms with Crippen molar-refractivity contribution in [2.24, 2.45) is 0 Å². The summed E-state index contributed by atoms with van der Waals surface area (Å²) in [6.45, 7) is 1.22. The molecule has 0 saturated carbocycles. The average Bonchev–Trinajstić information content (AvgIpc) is 3.28. The van der Waals surface area contributed by atoms with Crippen molar-refractivity contribution in [3.63, 3.8) is 0 Å². The summed E-state index contributed by atoms with van der Waals surface area (Å²) in [5.74, 6) is -6.68. The van der Waals surface area contributed by atoms with Crippen molar-refractivity contribution in [2.75, 3.05) is 13.2 Å². The first-order chi connectivity index (χ1) is 13.4. The van der Waals surface area contributed by atoms with Gasteiger partial charge in [0, 0.05) is 13.2 Å². The van der Waals surface area contributed by atoms with Crippen LogP contribution in [-0.2, 0) is 33.4 Å². The standard InChI is InChI=1S/C6H8O7.2C5H8O3/c7-3(8)1-6(13,5(11)12)2-4(9)10;2*6-5(7)4-2-1-3-8-4/h13H,1-2H2,(H,7,8)(H,9,10)(H,11,12);2*4H,1-3H2,(H,6,7). The van der Waals surface area contributed by atoms with E-state index in [1.165, 1.54) is 0 Å². The Labute approximate surface area is 164 Å². The van der Waals surface area contributed by atoms with Crippen molar-refractivity contribution in [3.8, 4) is 0 Å². The van der Waals surface area contributed by atoms with E-state index in [4.69, 9.17) is 40.1 Å². The Morgan fingerprint density at radius 2 is 1.07 bits per heavy atom. The predicted octanol–water partition coefficient (Wildman–Crippen LogP) is -0.748. The molecule has 0 radical (unpaired) electrons. The Balaban J connectivity index is 0.000000423. The summed E-state index contributed by atoms with van der Waals surface area (Å²) in [4.78, 5) is 50.6. The van der Waals surface area contributed by atoms with Gasteiger partial charge in [0.25, 0.3) is 0 Å². The molecule has 2 fully saturated rings. The fraction of sp³-hybridized carbons (Fsp3) is 0.688. The SMILES string of the molecule is O=C(O)C1CCCO1.O=C(O)C1CCCO1.O=C(O)CC(O)(CC(=O)O)C(=O)O. The van der Waals surface area contributed by atoms with Gasteiger partial charge in [-0.2, -0.15) is 0 Å². The summed E-state index contributed by atoms with van der Waals surface area (Å²) in [7, 11) is 0. The molecule has 0 aliphatic carbocycles. The topological polar surface area (TPSA) is 225 Å².